The van der Waals surface area contributed by atoms with E-state index in [4.69, 9.17) is 4.74 Å². The fourth-order valence-electron chi connectivity index (χ4n) is 3.10. The van der Waals surface area contributed by atoms with Crippen LogP contribution in [-0.4, -0.2) is 19.6 Å². The van der Waals surface area contributed by atoms with E-state index in [1.54, 1.807) is 7.11 Å². The largest absolute Gasteiger partial charge is 0.495 e. The van der Waals surface area contributed by atoms with Gasteiger partial charge in [0.15, 0.2) is 0 Å². The molecule has 0 aliphatic carbocycles. The van der Waals surface area contributed by atoms with E-state index in [1.165, 1.54) is 11.1 Å². The predicted molar refractivity (Wildman–Crippen MR) is 98.3 cm³/mol. The van der Waals surface area contributed by atoms with E-state index < -0.39 is 0 Å². The molecule has 1 amide bonds. The number of ether oxygens (including phenoxy) is 1. The number of rotatable bonds is 5. The molecule has 1 heterocycles. The first-order valence-electron chi connectivity index (χ1n) is 8.36. The molecule has 3 nitrogen and oxygen atoms in total. The Morgan fingerprint density at radius 2 is 1.92 bits per heavy atom. The number of amides is 1. The van der Waals surface area contributed by atoms with Crippen LogP contribution in [0, 0.1) is 12.8 Å². The molecule has 24 heavy (non-hydrogen) atoms. The van der Waals surface area contributed by atoms with Gasteiger partial charge in [-0.3, -0.25) is 4.79 Å². The van der Waals surface area contributed by atoms with Crippen LogP contribution in [0.4, 0.5) is 5.69 Å². The topological polar surface area (TPSA) is 29.5 Å². The van der Waals surface area contributed by atoms with Gasteiger partial charge in [0.2, 0.25) is 5.91 Å². The summed E-state index contributed by atoms with van der Waals surface area (Å²) in [6.45, 7) is 2.83. The summed E-state index contributed by atoms with van der Waals surface area (Å²) >= 11 is 0. The zero-order valence-corrected chi connectivity index (χ0v) is 14.2. The Hall–Kier alpha value is -2.55. The molecule has 0 bridgehead atoms. The summed E-state index contributed by atoms with van der Waals surface area (Å²) in [7, 11) is 1.64. The second kappa shape index (κ2) is 7.35. The van der Waals surface area contributed by atoms with Crippen molar-refractivity contribution in [2.75, 3.05) is 18.6 Å². The third-order valence-electron chi connectivity index (χ3n) is 4.50. The molecule has 1 unspecified atom stereocenters. The molecule has 1 aliphatic heterocycles. The third kappa shape index (κ3) is 3.51. The molecule has 2 aromatic carbocycles. The Kier molecular flexibility index (Phi) is 4.99. The minimum absolute atomic E-state index is 0.0524. The van der Waals surface area contributed by atoms with Crippen LogP contribution in [0.1, 0.15) is 24.0 Å². The lowest BCUT2D eigenvalue weighted by Crippen LogP contribution is -2.27. The fraction of sp³-hybridized carbons (Fsp3) is 0.286. The lowest BCUT2D eigenvalue weighted by molar-refractivity contribution is -0.120. The summed E-state index contributed by atoms with van der Waals surface area (Å²) in [4.78, 5) is 14.5. The van der Waals surface area contributed by atoms with Crippen LogP contribution in [0.25, 0.3) is 6.08 Å². The number of allylic oxidation sites excluding steroid dienone is 1. The Balaban J connectivity index is 1.65. The standard InChI is InChI=1S/C21H23NO2/c1-16-10-12-17(13-11-16)6-5-7-18-14-15-22(21(18)23)19-8-3-4-9-20(19)24-2/h3-6,8-13,18H,7,14-15H2,1-2H3. The zero-order chi connectivity index (χ0) is 16.9. The monoisotopic (exact) mass is 321 g/mol. The highest BCUT2D eigenvalue weighted by Crippen LogP contribution is 2.33. The van der Waals surface area contributed by atoms with Crippen molar-refractivity contribution in [2.45, 2.75) is 19.8 Å². The van der Waals surface area contributed by atoms with Crippen molar-refractivity contribution in [3.63, 3.8) is 0 Å². The van der Waals surface area contributed by atoms with Crippen molar-refractivity contribution in [3.05, 3.63) is 65.7 Å². The number of carbonyl (C=O) groups is 1. The van der Waals surface area contributed by atoms with E-state index in [2.05, 4.69) is 43.3 Å². The molecule has 0 N–H and O–H groups in total. The Labute approximate surface area is 143 Å². The molecule has 0 radical (unpaired) electrons. The van der Waals surface area contributed by atoms with Crippen LogP contribution in [0.15, 0.2) is 54.6 Å². The number of benzene rings is 2. The Bertz CT molecular complexity index is 734. The first-order valence-corrected chi connectivity index (χ1v) is 8.36. The highest BCUT2D eigenvalue weighted by atomic mass is 16.5. The van der Waals surface area contributed by atoms with E-state index >= 15 is 0 Å². The highest BCUT2D eigenvalue weighted by molar-refractivity contribution is 5.98. The quantitative estimate of drug-likeness (QED) is 0.813. The molecule has 124 valence electrons. The number of methoxy groups -OCH3 is 1. The summed E-state index contributed by atoms with van der Waals surface area (Å²) < 4.78 is 5.38. The van der Waals surface area contributed by atoms with Gasteiger partial charge in [-0.25, -0.2) is 0 Å². The number of hydrogen-bond acceptors (Lipinski definition) is 2. The van der Waals surface area contributed by atoms with Crippen LogP contribution in [0.2, 0.25) is 0 Å². The van der Waals surface area contributed by atoms with Crippen LogP contribution < -0.4 is 9.64 Å². The van der Waals surface area contributed by atoms with E-state index in [9.17, 15) is 4.79 Å². The second-order valence-electron chi connectivity index (χ2n) is 6.20. The second-order valence-corrected chi connectivity index (χ2v) is 6.20. The Morgan fingerprint density at radius 3 is 2.67 bits per heavy atom. The zero-order valence-electron chi connectivity index (χ0n) is 14.2. The minimum atomic E-state index is 0.0524. The maximum Gasteiger partial charge on any atom is 0.230 e. The van der Waals surface area contributed by atoms with Gasteiger partial charge in [-0.15, -0.1) is 0 Å². The number of para-hydroxylation sites is 2. The van der Waals surface area contributed by atoms with Crippen molar-refractivity contribution in [2.24, 2.45) is 5.92 Å². The number of aryl methyl sites for hydroxylation is 1. The van der Waals surface area contributed by atoms with Gasteiger partial charge in [0.25, 0.3) is 0 Å². The van der Waals surface area contributed by atoms with Gasteiger partial charge < -0.3 is 9.64 Å². The molecule has 1 fully saturated rings. The molecular formula is C21H23NO2. The van der Waals surface area contributed by atoms with Crippen molar-refractivity contribution in [1.29, 1.82) is 0 Å². The molecule has 1 aliphatic rings. The molecule has 3 heteroatoms. The molecule has 0 saturated carbocycles. The SMILES string of the molecule is COc1ccccc1N1CCC(CC=Cc2ccc(C)cc2)C1=O. The number of hydrogen-bond donors (Lipinski definition) is 0. The van der Waals surface area contributed by atoms with Gasteiger partial charge >= 0.3 is 0 Å². The number of carbonyl (C=O) groups excluding carboxylic acids is 1. The van der Waals surface area contributed by atoms with E-state index in [0.29, 0.717) is 0 Å². The summed E-state index contributed by atoms with van der Waals surface area (Å²) in [5, 5.41) is 0. The fourth-order valence-corrected chi connectivity index (χ4v) is 3.10. The van der Waals surface area contributed by atoms with Gasteiger partial charge in [0, 0.05) is 12.5 Å². The maximum absolute atomic E-state index is 12.7. The van der Waals surface area contributed by atoms with E-state index in [1.807, 2.05) is 29.2 Å². The summed E-state index contributed by atoms with van der Waals surface area (Å²) in [6.07, 6.45) is 5.87. The van der Waals surface area contributed by atoms with Crippen LogP contribution >= 0.6 is 0 Å². The number of anilines is 1. The molecule has 1 saturated heterocycles. The first kappa shape index (κ1) is 16.3. The van der Waals surface area contributed by atoms with E-state index in [-0.39, 0.29) is 11.8 Å². The maximum atomic E-state index is 12.7. The predicted octanol–water partition coefficient (Wildman–Crippen LogP) is 4.46. The lowest BCUT2D eigenvalue weighted by Gasteiger charge is -2.19. The van der Waals surface area contributed by atoms with Crippen molar-refractivity contribution in [1.82, 2.24) is 0 Å². The molecule has 2 aromatic rings. The summed E-state index contributed by atoms with van der Waals surface area (Å²) in [5.74, 6) is 0.992. The first-order chi connectivity index (χ1) is 11.7. The molecule has 0 spiro atoms. The van der Waals surface area contributed by atoms with Crippen molar-refractivity contribution >= 4 is 17.7 Å². The molecular weight excluding hydrogens is 298 g/mol. The van der Waals surface area contributed by atoms with Gasteiger partial charge in [0.05, 0.1) is 12.8 Å². The third-order valence-corrected chi connectivity index (χ3v) is 4.50. The van der Waals surface area contributed by atoms with Gasteiger partial charge in [-0.2, -0.15) is 0 Å². The molecule has 0 aromatic heterocycles. The van der Waals surface area contributed by atoms with Gasteiger partial charge in [-0.05, 0) is 37.5 Å². The molecule has 1 atom stereocenters. The highest BCUT2D eigenvalue weighted by Gasteiger charge is 2.32. The van der Waals surface area contributed by atoms with Crippen LogP contribution in [-0.2, 0) is 4.79 Å². The smallest absolute Gasteiger partial charge is 0.230 e. The normalized spacial score (nSPS) is 17.7. The van der Waals surface area contributed by atoms with Gasteiger partial charge in [0.1, 0.15) is 5.75 Å². The van der Waals surface area contributed by atoms with Crippen LogP contribution in [0.3, 0.4) is 0 Å². The summed E-state index contributed by atoms with van der Waals surface area (Å²) in [6, 6.07) is 16.1. The molecule has 3 rings (SSSR count). The van der Waals surface area contributed by atoms with Crippen molar-refractivity contribution in [3.8, 4) is 5.75 Å². The van der Waals surface area contributed by atoms with Gasteiger partial charge in [-0.1, -0.05) is 54.1 Å². The van der Waals surface area contributed by atoms with Crippen molar-refractivity contribution < 1.29 is 9.53 Å². The Morgan fingerprint density at radius 1 is 1.17 bits per heavy atom. The average molecular weight is 321 g/mol. The minimum Gasteiger partial charge on any atom is -0.495 e. The average Bonchev–Trinajstić information content (AvgIpc) is 2.97. The van der Waals surface area contributed by atoms with Crippen LogP contribution in [0.5, 0.6) is 5.75 Å². The van der Waals surface area contributed by atoms with E-state index in [0.717, 1.165) is 30.8 Å². The lowest BCUT2D eigenvalue weighted by atomic mass is 10.0. The number of nitrogens with zero attached hydrogens (tertiary/aromatic N) is 1. The summed E-state index contributed by atoms with van der Waals surface area (Å²) in [5.41, 5.74) is 3.30.